The lowest BCUT2D eigenvalue weighted by Gasteiger charge is -2.58. The highest BCUT2D eigenvalue weighted by atomic mass is 16.6. The summed E-state index contributed by atoms with van der Waals surface area (Å²) in [7, 11) is 0. The van der Waals surface area contributed by atoms with Crippen LogP contribution in [-0.2, 0) is 14.2 Å². The van der Waals surface area contributed by atoms with E-state index in [1.807, 2.05) is 46.4 Å². The smallest absolute Gasteiger partial charge is 0.410 e. The molecule has 340 valence electrons. The number of alkyl carbamates (subject to hydrolysis) is 2. The Balaban J connectivity index is 1.30. The number of amides is 3. The number of hydrogen-bond acceptors (Lipinski definition) is 7. The molecule has 0 radical (unpaired) electrons. The number of allylic oxidation sites excluding steroid dienone is 1. The van der Waals surface area contributed by atoms with E-state index in [9.17, 15) is 14.4 Å². The maximum absolute atomic E-state index is 14.0. The number of rotatable bonds is 19. The number of ether oxygens (including phenoxy) is 3. The number of hydrogen-bond donors (Lipinski definition) is 3. The van der Waals surface area contributed by atoms with Crippen LogP contribution in [0.15, 0.2) is 11.6 Å². The number of carbonyl (C=O) groups excluding carboxylic acids is 3. The Morgan fingerprint density at radius 1 is 0.797 bits per heavy atom. The molecule has 9 atom stereocenters. The molecule has 0 aromatic rings. The fourth-order valence-corrected chi connectivity index (χ4v) is 11.3. The van der Waals surface area contributed by atoms with E-state index in [-0.39, 0.29) is 29.4 Å². The molecule has 4 rings (SSSR count). The van der Waals surface area contributed by atoms with Crippen molar-refractivity contribution in [1.29, 1.82) is 0 Å². The molecule has 10 nitrogen and oxygen atoms in total. The van der Waals surface area contributed by atoms with Gasteiger partial charge in [-0.05, 0) is 171 Å². The number of nitrogens with zero attached hydrogens (tertiary/aromatic N) is 1. The summed E-state index contributed by atoms with van der Waals surface area (Å²) in [6.45, 7) is 28.8. The summed E-state index contributed by atoms with van der Waals surface area (Å²) in [5.74, 6) is 4.35. The predicted octanol–water partition coefficient (Wildman–Crippen LogP) is 11.3. The summed E-state index contributed by atoms with van der Waals surface area (Å²) in [6, 6.07) is 0. The summed E-state index contributed by atoms with van der Waals surface area (Å²) in [5.41, 5.74) is 1.17. The molecule has 9 unspecified atom stereocenters. The Hall–Kier alpha value is -2.49. The van der Waals surface area contributed by atoms with E-state index in [0.717, 1.165) is 74.8 Å². The molecule has 0 aromatic carbocycles. The first-order chi connectivity index (χ1) is 27.6. The van der Waals surface area contributed by atoms with Gasteiger partial charge in [0.25, 0.3) is 0 Å². The third-order valence-corrected chi connectivity index (χ3v) is 14.4. The van der Waals surface area contributed by atoms with Crippen molar-refractivity contribution >= 4 is 18.3 Å². The molecule has 3 saturated carbocycles. The van der Waals surface area contributed by atoms with E-state index < -0.39 is 23.4 Å². The summed E-state index contributed by atoms with van der Waals surface area (Å²) >= 11 is 0. The van der Waals surface area contributed by atoms with Crippen LogP contribution >= 0.6 is 0 Å². The van der Waals surface area contributed by atoms with Crippen molar-refractivity contribution in [2.75, 3.05) is 39.3 Å². The Bertz CT molecular complexity index is 1390. The van der Waals surface area contributed by atoms with E-state index >= 15 is 0 Å². The summed E-state index contributed by atoms with van der Waals surface area (Å²) < 4.78 is 17.2. The van der Waals surface area contributed by atoms with Crippen LogP contribution in [0.3, 0.4) is 0 Å². The highest BCUT2D eigenvalue weighted by Crippen LogP contribution is 2.67. The Labute approximate surface area is 360 Å². The van der Waals surface area contributed by atoms with Gasteiger partial charge in [-0.1, -0.05) is 72.5 Å². The Morgan fingerprint density at radius 2 is 1.46 bits per heavy atom. The lowest BCUT2D eigenvalue weighted by molar-refractivity contribution is -0.0535. The third-order valence-electron chi connectivity index (χ3n) is 14.4. The zero-order valence-electron chi connectivity index (χ0n) is 39.7. The maximum atomic E-state index is 14.0. The van der Waals surface area contributed by atoms with Crippen LogP contribution in [0.1, 0.15) is 173 Å². The molecule has 10 heteroatoms. The molecule has 0 aliphatic heterocycles. The Kier molecular flexibility index (Phi) is 17.9. The van der Waals surface area contributed by atoms with Crippen LogP contribution < -0.4 is 16.0 Å². The van der Waals surface area contributed by atoms with E-state index in [1.54, 1.807) is 0 Å². The van der Waals surface area contributed by atoms with Gasteiger partial charge < -0.3 is 35.1 Å². The van der Waals surface area contributed by atoms with E-state index in [1.165, 1.54) is 63.4 Å². The zero-order valence-corrected chi connectivity index (χ0v) is 39.7. The van der Waals surface area contributed by atoms with Gasteiger partial charge in [0.2, 0.25) is 0 Å². The first-order valence-corrected chi connectivity index (χ1v) is 23.9. The quantitative estimate of drug-likeness (QED) is 0.0674. The van der Waals surface area contributed by atoms with E-state index in [2.05, 4.69) is 63.6 Å². The fraction of sp³-hybridized carbons (Fsp3) is 0.898. The van der Waals surface area contributed by atoms with Gasteiger partial charge in [0.15, 0.2) is 0 Å². The lowest BCUT2D eigenvalue weighted by Crippen LogP contribution is -2.50. The molecule has 59 heavy (non-hydrogen) atoms. The minimum absolute atomic E-state index is 0.0198. The monoisotopic (exact) mass is 829 g/mol. The van der Waals surface area contributed by atoms with Crippen LogP contribution in [-0.4, -0.2) is 79.8 Å². The Morgan fingerprint density at radius 3 is 2.10 bits per heavy atom. The van der Waals surface area contributed by atoms with Crippen molar-refractivity contribution in [3.8, 4) is 0 Å². The standard InChI is InChI=1S/C49H88N4O6/c1-34(2)17-13-14-18-37-20-22-41-40-21-19-38-29-39(23-25-49(38,12)42(40)24-26-48(37,41)11)57-45(56)53(33-36(4)32-52-44(55)59-47(8,9)10)28-16-15-27-50-30-35(3)31-51-43(54)58-46(5,6)7/h19,34-37,39-42,50H,13-18,20-33H2,1-12H3,(H,51,54)(H,52,55). The second-order valence-electron chi connectivity index (χ2n) is 22.3. The molecule has 0 spiro atoms. The molecule has 3 fully saturated rings. The van der Waals surface area contributed by atoms with Gasteiger partial charge in [0.1, 0.15) is 17.3 Å². The summed E-state index contributed by atoms with van der Waals surface area (Å²) in [6.07, 6.45) is 18.3. The molecule has 0 saturated heterocycles. The van der Waals surface area contributed by atoms with Gasteiger partial charge in [0.05, 0.1) is 0 Å². The lowest BCUT2D eigenvalue weighted by atomic mass is 9.47. The molecular weight excluding hydrogens is 741 g/mol. The van der Waals surface area contributed by atoms with Crippen LogP contribution in [0, 0.1) is 52.3 Å². The molecule has 4 aliphatic carbocycles. The maximum Gasteiger partial charge on any atom is 0.410 e. The van der Waals surface area contributed by atoms with Crippen molar-refractivity contribution in [1.82, 2.24) is 20.9 Å². The van der Waals surface area contributed by atoms with Crippen LogP contribution in [0.5, 0.6) is 0 Å². The average Bonchev–Trinajstić information content (AvgIpc) is 3.47. The molecule has 3 amide bonds. The topological polar surface area (TPSA) is 118 Å². The largest absolute Gasteiger partial charge is 0.446 e. The van der Waals surface area contributed by atoms with E-state index in [4.69, 9.17) is 14.2 Å². The summed E-state index contributed by atoms with van der Waals surface area (Å²) in [5, 5.41) is 9.24. The normalized spacial score (nSPS) is 29.0. The van der Waals surface area contributed by atoms with Crippen LogP contribution in [0.25, 0.3) is 0 Å². The first-order valence-electron chi connectivity index (χ1n) is 23.9. The van der Waals surface area contributed by atoms with E-state index in [0.29, 0.717) is 31.6 Å². The molecule has 0 heterocycles. The predicted molar refractivity (Wildman–Crippen MR) is 239 cm³/mol. The van der Waals surface area contributed by atoms with Gasteiger partial charge in [-0.25, -0.2) is 14.4 Å². The second-order valence-corrected chi connectivity index (χ2v) is 22.3. The van der Waals surface area contributed by atoms with Gasteiger partial charge in [-0.3, -0.25) is 0 Å². The summed E-state index contributed by atoms with van der Waals surface area (Å²) in [4.78, 5) is 40.3. The molecule has 3 N–H and O–H groups in total. The van der Waals surface area contributed by atoms with Gasteiger partial charge in [0, 0.05) is 32.6 Å². The fourth-order valence-electron chi connectivity index (χ4n) is 11.3. The van der Waals surface area contributed by atoms with Crippen molar-refractivity contribution < 1.29 is 28.6 Å². The van der Waals surface area contributed by atoms with Gasteiger partial charge in [-0.2, -0.15) is 0 Å². The molecular formula is C49H88N4O6. The minimum Gasteiger partial charge on any atom is -0.446 e. The zero-order chi connectivity index (χ0) is 43.6. The molecule has 4 aliphatic rings. The average molecular weight is 829 g/mol. The number of fused-ring (bicyclic) bond motifs is 5. The molecule has 0 bridgehead atoms. The SMILES string of the molecule is CC(C)CCCCC1CCC2C3CC=C4CC(OC(=O)N(CCCCNCC(C)CNC(=O)OC(C)(C)C)CC(C)CNC(=O)OC(C)(C)C)CCC4(C)C3CCC12C. The number of carbonyl (C=O) groups is 3. The van der Waals surface area contributed by atoms with Crippen LogP contribution in [0.2, 0.25) is 0 Å². The molecule has 0 aromatic heterocycles. The van der Waals surface area contributed by atoms with Crippen molar-refractivity contribution in [2.45, 2.75) is 190 Å². The second kappa shape index (κ2) is 21.5. The van der Waals surface area contributed by atoms with Crippen molar-refractivity contribution in [2.24, 2.45) is 52.3 Å². The highest BCUT2D eigenvalue weighted by molar-refractivity contribution is 5.68. The number of unbranched alkanes of at least 4 members (excludes halogenated alkanes) is 2. The van der Waals surface area contributed by atoms with Gasteiger partial charge in [-0.15, -0.1) is 0 Å². The van der Waals surface area contributed by atoms with Crippen LogP contribution in [0.4, 0.5) is 14.4 Å². The van der Waals surface area contributed by atoms with Crippen molar-refractivity contribution in [3.05, 3.63) is 11.6 Å². The first kappa shape index (κ1) is 49.2. The van der Waals surface area contributed by atoms with Crippen molar-refractivity contribution in [3.63, 3.8) is 0 Å². The van der Waals surface area contributed by atoms with Gasteiger partial charge >= 0.3 is 18.3 Å². The minimum atomic E-state index is -0.571. The third kappa shape index (κ3) is 14.8. The number of nitrogens with one attached hydrogen (secondary N) is 3. The highest BCUT2D eigenvalue weighted by Gasteiger charge is 2.58.